The number of nitrogens with zero attached hydrogens (tertiary/aromatic N) is 3. The zero-order chi connectivity index (χ0) is 24.0. The molecule has 2 aliphatic heterocycles. The molecule has 3 aromatic rings. The lowest BCUT2D eigenvalue weighted by atomic mass is 9.90. The van der Waals surface area contributed by atoms with E-state index in [0.29, 0.717) is 11.3 Å². The molecule has 2 saturated heterocycles. The first-order valence-electron chi connectivity index (χ1n) is 10.4. The molecule has 2 amide bonds. The van der Waals surface area contributed by atoms with Gasteiger partial charge in [0.1, 0.15) is 5.92 Å². The molecular weight excluding hydrogens is 442 g/mol. The summed E-state index contributed by atoms with van der Waals surface area (Å²) in [7, 11) is 1.42. The summed E-state index contributed by atoms with van der Waals surface area (Å²) in [5.41, 5.74) is 1.34. The van der Waals surface area contributed by atoms with Crippen LogP contribution < -0.4 is 14.7 Å². The number of nitro groups is 1. The van der Waals surface area contributed by atoms with E-state index in [-0.39, 0.29) is 22.9 Å². The third-order valence-corrected chi connectivity index (χ3v) is 5.99. The second-order valence-electron chi connectivity index (χ2n) is 7.87. The molecule has 10 heteroatoms. The lowest BCUT2D eigenvalue weighted by Crippen LogP contribution is -2.37. The summed E-state index contributed by atoms with van der Waals surface area (Å²) in [6, 6.07) is 18.3. The maximum atomic E-state index is 13.6. The number of phenolic OH excluding ortho intramolecular Hbond substituents is 1. The number of carbonyl (C=O) groups excluding carboxylic acids is 2. The number of para-hydroxylation sites is 1. The van der Waals surface area contributed by atoms with Crippen LogP contribution in [0, 0.1) is 16.0 Å². The minimum Gasteiger partial charge on any atom is -0.504 e. The van der Waals surface area contributed by atoms with Crippen LogP contribution in [0.15, 0.2) is 72.8 Å². The number of hydroxylamine groups is 1. The molecule has 0 aromatic heterocycles. The van der Waals surface area contributed by atoms with Gasteiger partial charge >= 0.3 is 0 Å². The van der Waals surface area contributed by atoms with Crippen molar-refractivity contribution in [3.63, 3.8) is 0 Å². The molecule has 3 aromatic carbocycles. The van der Waals surface area contributed by atoms with Gasteiger partial charge in [0.15, 0.2) is 17.6 Å². The van der Waals surface area contributed by atoms with Crippen molar-refractivity contribution in [2.45, 2.75) is 12.1 Å². The first kappa shape index (κ1) is 21.4. The Hall–Kier alpha value is -4.44. The smallest absolute Gasteiger partial charge is 0.269 e. The predicted molar refractivity (Wildman–Crippen MR) is 120 cm³/mol. The van der Waals surface area contributed by atoms with E-state index in [1.807, 2.05) is 18.2 Å². The van der Waals surface area contributed by atoms with Crippen LogP contribution in [0.25, 0.3) is 0 Å². The maximum absolute atomic E-state index is 13.6. The zero-order valence-electron chi connectivity index (χ0n) is 17.9. The van der Waals surface area contributed by atoms with Gasteiger partial charge in [-0.1, -0.05) is 24.3 Å². The average molecular weight is 461 g/mol. The lowest BCUT2D eigenvalue weighted by Gasteiger charge is -2.29. The van der Waals surface area contributed by atoms with Crippen LogP contribution in [-0.4, -0.2) is 35.1 Å². The molecule has 1 N–H and O–H groups in total. The fraction of sp³-hybridized carbons (Fsp3) is 0.167. The second kappa shape index (κ2) is 8.16. The molecule has 5 rings (SSSR count). The second-order valence-corrected chi connectivity index (χ2v) is 7.87. The van der Waals surface area contributed by atoms with Crippen LogP contribution in [0.2, 0.25) is 0 Å². The summed E-state index contributed by atoms with van der Waals surface area (Å²) in [6.07, 6.45) is -1.09. The Morgan fingerprint density at radius 2 is 1.68 bits per heavy atom. The number of benzene rings is 3. The molecule has 0 unspecified atom stereocenters. The maximum Gasteiger partial charge on any atom is 0.269 e. The highest BCUT2D eigenvalue weighted by Crippen LogP contribution is 2.48. The number of methoxy groups -OCH3 is 1. The number of fused-ring (bicyclic) bond motifs is 1. The summed E-state index contributed by atoms with van der Waals surface area (Å²) in [4.78, 5) is 44.4. The topological polar surface area (TPSA) is 122 Å². The van der Waals surface area contributed by atoms with Gasteiger partial charge in [-0.15, -0.1) is 0 Å². The molecule has 0 radical (unpaired) electrons. The van der Waals surface area contributed by atoms with E-state index in [1.165, 1.54) is 42.5 Å². The molecule has 0 saturated carbocycles. The third kappa shape index (κ3) is 3.32. The Balaban J connectivity index is 1.57. The molecule has 10 nitrogen and oxygen atoms in total. The van der Waals surface area contributed by atoms with Crippen molar-refractivity contribution in [2.75, 3.05) is 17.1 Å². The average Bonchev–Trinajstić information content (AvgIpc) is 3.36. The molecule has 34 heavy (non-hydrogen) atoms. The van der Waals surface area contributed by atoms with Gasteiger partial charge in [-0.25, -0.2) is 9.96 Å². The van der Waals surface area contributed by atoms with Crippen LogP contribution >= 0.6 is 0 Å². The first-order valence-corrected chi connectivity index (χ1v) is 10.4. The minimum absolute atomic E-state index is 0.0608. The number of rotatable bonds is 5. The molecule has 172 valence electrons. The number of ether oxygens (including phenoxy) is 1. The molecule has 0 bridgehead atoms. The van der Waals surface area contributed by atoms with E-state index >= 15 is 0 Å². The summed E-state index contributed by atoms with van der Waals surface area (Å²) >= 11 is 0. The van der Waals surface area contributed by atoms with Gasteiger partial charge in [0.25, 0.3) is 11.6 Å². The highest BCUT2D eigenvalue weighted by molar-refractivity contribution is 6.24. The number of nitro benzene ring substituents is 1. The first-order chi connectivity index (χ1) is 16.4. The van der Waals surface area contributed by atoms with Gasteiger partial charge in [-0.05, 0) is 42.0 Å². The number of non-ortho nitro benzene ring substituents is 1. The van der Waals surface area contributed by atoms with E-state index in [2.05, 4.69) is 0 Å². The van der Waals surface area contributed by atoms with E-state index in [4.69, 9.17) is 9.57 Å². The van der Waals surface area contributed by atoms with Gasteiger partial charge in [-0.3, -0.25) is 24.5 Å². The van der Waals surface area contributed by atoms with Gasteiger partial charge in [0, 0.05) is 12.1 Å². The van der Waals surface area contributed by atoms with Crippen molar-refractivity contribution >= 4 is 28.9 Å². The van der Waals surface area contributed by atoms with Gasteiger partial charge < -0.3 is 9.84 Å². The number of anilines is 2. The third-order valence-electron chi connectivity index (χ3n) is 5.99. The van der Waals surface area contributed by atoms with E-state index in [9.17, 15) is 24.8 Å². The highest BCUT2D eigenvalue weighted by atomic mass is 16.7. The number of hydrogen-bond acceptors (Lipinski definition) is 8. The molecule has 3 atom stereocenters. The number of amides is 2. The van der Waals surface area contributed by atoms with Gasteiger partial charge in [0.2, 0.25) is 5.91 Å². The van der Waals surface area contributed by atoms with Gasteiger partial charge in [-0.2, -0.15) is 0 Å². The van der Waals surface area contributed by atoms with Gasteiger partial charge in [0.05, 0.1) is 29.4 Å². The predicted octanol–water partition coefficient (Wildman–Crippen LogP) is 3.36. The monoisotopic (exact) mass is 461 g/mol. The number of carbonyl (C=O) groups is 2. The summed E-state index contributed by atoms with van der Waals surface area (Å²) in [5, 5.41) is 22.6. The Kier molecular flexibility index (Phi) is 5.14. The standard InChI is InChI=1S/C24H19N3O7/c1-33-19-13-14(7-12-18(19)28)21-20-22(34-26(21)16-5-3-2-4-6-16)24(30)25(23(20)29)15-8-10-17(11-9-15)27(31)32/h2-13,20-22,28H,1H3/t20-,21+,22+/m0/s1. The van der Waals surface area contributed by atoms with Crippen LogP contribution in [0.1, 0.15) is 11.6 Å². The molecule has 2 fully saturated rings. The van der Waals surface area contributed by atoms with Crippen molar-refractivity contribution in [2.24, 2.45) is 5.92 Å². The number of phenols is 1. The Morgan fingerprint density at radius 3 is 2.32 bits per heavy atom. The minimum atomic E-state index is -1.09. The molecule has 0 spiro atoms. The SMILES string of the molecule is COc1cc([C@@H]2[C@@H]3C(=O)N(c4ccc([N+](=O)[O-])cc4)C(=O)[C@@H]3ON2c2ccccc2)ccc1O. The number of hydrogen-bond donors (Lipinski definition) is 1. The van der Waals surface area contributed by atoms with Crippen molar-refractivity contribution in [1.29, 1.82) is 0 Å². The van der Waals surface area contributed by atoms with Crippen molar-refractivity contribution < 1.29 is 29.2 Å². The Labute approximate surface area is 193 Å². The summed E-state index contributed by atoms with van der Waals surface area (Å²) in [6.45, 7) is 0. The molecule has 2 heterocycles. The summed E-state index contributed by atoms with van der Waals surface area (Å²) in [5.74, 6) is -1.78. The largest absolute Gasteiger partial charge is 0.504 e. The molecular formula is C24H19N3O7. The Bertz CT molecular complexity index is 1280. The highest BCUT2D eigenvalue weighted by Gasteiger charge is 2.60. The van der Waals surface area contributed by atoms with E-state index < -0.39 is 34.8 Å². The zero-order valence-corrected chi connectivity index (χ0v) is 17.9. The fourth-order valence-corrected chi connectivity index (χ4v) is 4.41. The number of imide groups is 1. The molecule has 0 aliphatic carbocycles. The van der Waals surface area contributed by atoms with E-state index in [1.54, 1.807) is 24.3 Å². The molecule has 2 aliphatic rings. The van der Waals surface area contributed by atoms with Crippen LogP contribution in [-0.2, 0) is 14.4 Å². The normalized spacial score (nSPS) is 21.6. The van der Waals surface area contributed by atoms with E-state index in [0.717, 1.165) is 4.90 Å². The van der Waals surface area contributed by atoms with Crippen molar-refractivity contribution in [1.82, 2.24) is 0 Å². The Morgan fingerprint density at radius 1 is 0.971 bits per heavy atom. The quantitative estimate of drug-likeness (QED) is 0.349. The van der Waals surface area contributed by atoms with Crippen molar-refractivity contribution in [3.05, 3.63) is 88.5 Å². The lowest BCUT2D eigenvalue weighted by molar-refractivity contribution is -0.384. The van der Waals surface area contributed by atoms with Crippen LogP contribution in [0.3, 0.4) is 0 Å². The van der Waals surface area contributed by atoms with Crippen LogP contribution in [0.5, 0.6) is 11.5 Å². The fourth-order valence-electron chi connectivity index (χ4n) is 4.41. The van der Waals surface area contributed by atoms with Crippen LogP contribution in [0.4, 0.5) is 17.1 Å². The van der Waals surface area contributed by atoms with Crippen molar-refractivity contribution in [3.8, 4) is 11.5 Å². The summed E-state index contributed by atoms with van der Waals surface area (Å²) < 4.78 is 5.24. The number of aromatic hydroxyl groups is 1.